The first-order chi connectivity index (χ1) is 28.1. The van der Waals surface area contributed by atoms with Crippen molar-refractivity contribution in [2.75, 3.05) is 16.5 Å². The van der Waals surface area contributed by atoms with Gasteiger partial charge in [-0.05, 0) is 133 Å². The summed E-state index contributed by atoms with van der Waals surface area (Å²) in [4.78, 5) is 13.4. The van der Waals surface area contributed by atoms with Gasteiger partial charge in [-0.15, -0.1) is 0 Å². The maximum absolute atomic E-state index is 6.42. The molecule has 0 saturated carbocycles. The second-order valence-electron chi connectivity index (χ2n) is 13.8. The van der Waals surface area contributed by atoms with Crippen LogP contribution in [-0.4, -0.2) is 18.4 Å². The summed E-state index contributed by atoms with van der Waals surface area (Å²) in [5.74, 6) is 0.638. The number of rotatable bonds is 14. The molecule has 1 heterocycles. The van der Waals surface area contributed by atoms with E-state index in [9.17, 15) is 0 Å². The predicted molar refractivity (Wildman–Crippen MR) is 238 cm³/mol. The number of anilines is 3. The molecule has 0 fully saturated rings. The molecule has 0 radical (unpaired) electrons. The van der Waals surface area contributed by atoms with Crippen LogP contribution in [0, 0.1) is 0 Å². The molecule has 57 heavy (non-hydrogen) atoms. The molecule has 6 heteroatoms. The average molecular weight is 745 g/mol. The van der Waals surface area contributed by atoms with Crippen molar-refractivity contribution in [2.45, 2.75) is 25.7 Å². The van der Waals surface area contributed by atoms with Crippen molar-refractivity contribution < 1.29 is 9.15 Å². The zero-order chi connectivity index (χ0) is 39.0. The summed E-state index contributed by atoms with van der Waals surface area (Å²) in [7, 11) is 0. The maximum Gasteiger partial charge on any atom is 0.307 e. The van der Waals surface area contributed by atoms with E-state index in [1.165, 1.54) is 5.57 Å². The van der Waals surface area contributed by atoms with Crippen LogP contribution in [0.25, 0.3) is 38.9 Å². The summed E-state index contributed by atoms with van der Waals surface area (Å²) in [6, 6.07) is 39.9. The summed E-state index contributed by atoms with van der Waals surface area (Å²) in [6.45, 7) is 12.0. The van der Waals surface area contributed by atoms with Crippen LogP contribution < -0.4 is 14.5 Å². The van der Waals surface area contributed by atoms with Gasteiger partial charge in [-0.1, -0.05) is 116 Å². The Morgan fingerprint density at radius 1 is 0.719 bits per heavy atom. The van der Waals surface area contributed by atoms with Gasteiger partial charge < -0.3 is 14.1 Å². The fraction of sp³-hybridized carbons (Fsp3) is 0.0980. The van der Waals surface area contributed by atoms with E-state index >= 15 is 0 Å². The molecule has 0 atom stereocenters. The smallest absolute Gasteiger partial charge is 0.307 e. The van der Waals surface area contributed by atoms with Crippen molar-refractivity contribution >= 4 is 46.5 Å². The number of hydrogen-bond acceptors (Lipinski definition) is 6. The van der Waals surface area contributed by atoms with Gasteiger partial charge in [0.15, 0.2) is 12.3 Å². The van der Waals surface area contributed by atoms with Crippen LogP contribution in [0.15, 0.2) is 204 Å². The Morgan fingerprint density at radius 3 is 2.07 bits per heavy atom. The molecule has 6 aromatic rings. The summed E-state index contributed by atoms with van der Waals surface area (Å²) >= 11 is 0. The third-order valence-electron chi connectivity index (χ3n) is 10.2. The maximum atomic E-state index is 6.42. The van der Waals surface area contributed by atoms with Gasteiger partial charge in [0.2, 0.25) is 0 Å². The predicted octanol–water partition coefficient (Wildman–Crippen LogP) is 13.7. The first-order valence-electron chi connectivity index (χ1n) is 19.3. The molecular weight excluding hydrogens is 701 g/mol. The van der Waals surface area contributed by atoms with E-state index in [-0.39, 0.29) is 6.73 Å². The fourth-order valence-corrected chi connectivity index (χ4v) is 7.18. The molecule has 6 nitrogen and oxygen atoms in total. The Labute approximate surface area is 334 Å². The lowest BCUT2D eigenvalue weighted by molar-refractivity contribution is 0.324. The first-order valence-corrected chi connectivity index (χ1v) is 19.3. The lowest BCUT2D eigenvalue weighted by Gasteiger charge is -2.26. The van der Waals surface area contributed by atoms with E-state index < -0.39 is 0 Å². The van der Waals surface area contributed by atoms with Crippen LogP contribution >= 0.6 is 0 Å². The van der Waals surface area contributed by atoms with E-state index in [1.54, 1.807) is 12.2 Å². The highest BCUT2D eigenvalue weighted by Gasteiger charge is 2.21. The van der Waals surface area contributed by atoms with Crippen LogP contribution in [0.2, 0.25) is 0 Å². The van der Waals surface area contributed by atoms with Gasteiger partial charge in [0.1, 0.15) is 17.0 Å². The number of aliphatic imine (C=N–C) groups is 1. The van der Waals surface area contributed by atoms with Crippen molar-refractivity contribution in [1.82, 2.24) is 4.98 Å². The van der Waals surface area contributed by atoms with Gasteiger partial charge in [-0.3, -0.25) is 9.89 Å². The number of ether oxygens (including phenoxy) is 1. The van der Waals surface area contributed by atoms with Crippen LogP contribution in [0.5, 0.6) is 5.75 Å². The zero-order valence-corrected chi connectivity index (χ0v) is 31.9. The second kappa shape index (κ2) is 17.1. The van der Waals surface area contributed by atoms with Crippen molar-refractivity contribution in [2.24, 2.45) is 4.99 Å². The SMILES string of the molecule is C=C/C=C(\C=C)N(COc1ccc(-c2ccccc2)cc1N=C)c1ccc(-c2ccc(N(C3=CCCC=C3)c3nc4cc(C5=CCCC=C5)ccc4o3)cc2)cc1. The van der Waals surface area contributed by atoms with Crippen molar-refractivity contribution in [3.63, 3.8) is 0 Å². The zero-order valence-electron chi connectivity index (χ0n) is 31.9. The molecular formula is C51H44N4O2. The Hall–Kier alpha value is -7.18. The third kappa shape index (κ3) is 8.12. The quantitative estimate of drug-likeness (QED) is 0.0631. The molecule has 0 bridgehead atoms. The van der Waals surface area contributed by atoms with Crippen LogP contribution in [-0.2, 0) is 0 Å². The highest BCUT2D eigenvalue weighted by atomic mass is 16.5. The van der Waals surface area contributed by atoms with E-state index in [4.69, 9.17) is 14.1 Å². The lowest BCUT2D eigenvalue weighted by atomic mass is 9.99. The molecule has 1 aromatic heterocycles. The summed E-state index contributed by atoms with van der Waals surface area (Å²) in [5.41, 5.74) is 12.8. The van der Waals surface area contributed by atoms with Gasteiger partial charge in [0.25, 0.3) is 0 Å². The van der Waals surface area contributed by atoms with Crippen molar-refractivity contribution in [1.29, 1.82) is 0 Å². The van der Waals surface area contributed by atoms with Gasteiger partial charge in [-0.2, -0.15) is 4.98 Å². The standard InChI is InChI=1S/C51H44N4O2/c1-4-15-43(5-2)54(36-56-49-32-26-41(34-47(49)52-3)37-16-9-6-10-17-37)44-28-22-39(23-29-44)40-24-30-46(31-25-40)55(45-20-13-8-14-21-45)51-53-48-35-42(27-33-50(48)57-51)38-18-11-7-12-19-38/h4-6,9-11,13,15-35H,1-3,7-8,12,14,36H2/b43-15+. The highest BCUT2D eigenvalue weighted by molar-refractivity contribution is 5.85. The van der Waals surface area contributed by atoms with E-state index in [0.29, 0.717) is 17.5 Å². The summed E-state index contributed by atoms with van der Waals surface area (Å²) < 4.78 is 12.8. The normalized spacial score (nSPS) is 13.8. The average Bonchev–Trinajstić information content (AvgIpc) is 3.70. The third-order valence-corrected chi connectivity index (χ3v) is 10.2. The largest absolute Gasteiger partial charge is 0.470 e. The number of allylic oxidation sites excluding steroid dienone is 10. The molecule has 5 aromatic carbocycles. The van der Waals surface area contributed by atoms with Crippen LogP contribution in [0.1, 0.15) is 31.2 Å². The number of hydrogen-bond donors (Lipinski definition) is 0. The van der Waals surface area contributed by atoms with Crippen LogP contribution in [0.3, 0.4) is 0 Å². The van der Waals surface area contributed by atoms with E-state index in [2.05, 4.69) is 144 Å². The Balaban J connectivity index is 1.04. The number of benzene rings is 5. The molecule has 2 aliphatic carbocycles. The molecule has 280 valence electrons. The molecule has 0 spiro atoms. The topological polar surface area (TPSA) is 54.1 Å². The highest BCUT2D eigenvalue weighted by Crippen LogP contribution is 2.37. The van der Waals surface area contributed by atoms with Gasteiger partial charge in [-0.25, -0.2) is 0 Å². The summed E-state index contributed by atoms with van der Waals surface area (Å²) in [5, 5.41) is 0. The number of aromatic nitrogens is 1. The van der Waals surface area contributed by atoms with Gasteiger partial charge in [0, 0.05) is 17.1 Å². The number of oxazole rings is 1. The summed E-state index contributed by atoms with van der Waals surface area (Å²) in [6.07, 6.45) is 22.9. The molecule has 0 aliphatic heterocycles. The fourth-order valence-electron chi connectivity index (χ4n) is 7.18. The molecule has 0 amide bonds. The number of nitrogens with zero attached hydrogens (tertiary/aromatic N) is 4. The van der Waals surface area contributed by atoms with E-state index in [0.717, 1.165) is 87.4 Å². The van der Waals surface area contributed by atoms with Crippen LogP contribution in [0.4, 0.5) is 23.1 Å². The minimum absolute atomic E-state index is 0.221. The molecule has 2 aliphatic rings. The lowest BCUT2D eigenvalue weighted by Crippen LogP contribution is -2.26. The van der Waals surface area contributed by atoms with Crippen molar-refractivity contribution in [3.05, 3.63) is 200 Å². The second-order valence-corrected chi connectivity index (χ2v) is 13.8. The Kier molecular flexibility index (Phi) is 11.0. The van der Waals surface area contributed by atoms with Crippen molar-refractivity contribution in [3.8, 4) is 28.0 Å². The van der Waals surface area contributed by atoms with E-state index in [1.807, 2.05) is 48.5 Å². The van der Waals surface area contributed by atoms with Gasteiger partial charge >= 0.3 is 6.01 Å². The van der Waals surface area contributed by atoms with Gasteiger partial charge in [0.05, 0.1) is 5.69 Å². The minimum Gasteiger partial charge on any atom is -0.470 e. The first kappa shape index (κ1) is 36.8. The molecule has 0 N–H and O–H groups in total. The Bertz CT molecular complexity index is 2570. The number of fused-ring (bicyclic) bond motifs is 1. The minimum atomic E-state index is 0.221. The monoisotopic (exact) mass is 744 g/mol. The molecule has 8 rings (SSSR count). The Morgan fingerprint density at radius 2 is 1.40 bits per heavy atom. The molecule has 0 unspecified atom stereocenters. The molecule has 0 saturated heterocycles.